The number of thiophene rings is 1. The number of aryl methyl sites for hydroxylation is 1. The summed E-state index contributed by atoms with van der Waals surface area (Å²) in [5.41, 5.74) is 1.04. The molecule has 4 nitrogen and oxygen atoms in total. The molecule has 0 saturated carbocycles. The first-order valence-corrected chi connectivity index (χ1v) is 6.50. The van der Waals surface area contributed by atoms with Gasteiger partial charge in [0.25, 0.3) is 0 Å². The van der Waals surface area contributed by atoms with Gasteiger partial charge >= 0.3 is 5.97 Å². The fourth-order valence-electron chi connectivity index (χ4n) is 2.28. The average molecular weight is 269 g/mol. The van der Waals surface area contributed by atoms with E-state index in [1.165, 1.54) is 11.2 Å². The summed E-state index contributed by atoms with van der Waals surface area (Å²) < 4.78 is 0. The van der Waals surface area contributed by atoms with Gasteiger partial charge < -0.3 is 5.11 Å². The summed E-state index contributed by atoms with van der Waals surface area (Å²) in [7, 11) is 0. The van der Waals surface area contributed by atoms with Crippen molar-refractivity contribution in [3.05, 3.63) is 21.9 Å². The van der Waals surface area contributed by atoms with Crippen LogP contribution in [0.4, 0.5) is 0 Å². The quantitative estimate of drug-likeness (QED) is 0.808. The Hall–Kier alpha value is -1.20. The van der Waals surface area contributed by atoms with Gasteiger partial charge in [0.15, 0.2) is 0 Å². The lowest BCUT2D eigenvalue weighted by atomic mass is 9.87. The topological polar surface area (TPSA) is 63.1 Å². The summed E-state index contributed by atoms with van der Waals surface area (Å²) >= 11 is 7.67. The standard InChI is InChI=1S/C11H9ClN2O2S/c12-9-8-6-3-5(11(15)16)1-2-7(6)17-10(8)14-4-13-9/h4-5H,1-3H2,(H,15,16). The highest BCUT2D eigenvalue weighted by molar-refractivity contribution is 7.19. The van der Waals surface area contributed by atoms with Crippen molar-refractivity contribution >= 4 is 39.1 Å². The van der Waals surface area contributed by atoms with Crippen LogP contribution in [0.2, 0.25) is 5.15 Å². The fraction of sp³-hybridized carbons (Fsp3) is 0.364. The van der Waals surface area contributed by atoms with Crippen molar-refractivity contribution in [2.45, 2.75) is 19.3 Å². The van der Waals surface area contributed by atoms with Crippen molar-refractivity contribution in [1.82, 2.24) is 9.97 Å². The van der Waals surface area contributed by atoms with Crippen LogP contribution in [0.25, 0.3) is 10.2 Å². The number of carboxylic acids is 1. The Kier molecular flexibility index (Phi) is 2.52. The van der Waals surface area contributed by atoms with E-state index < -0.39 is 5.97 Å². The van der Waals surface area contributed by atoms with Crippen LogP contribution in [0.15, 0.2) is 6.33 Å². The molecule has 3 rings (SSSR count). The van der Waals surface area contributed by atoms with Gasteiger partial charge in [0.05, 0.1) is 11.3 Å². The van der Waals surface area contributed by atoms with Gasteiger partial charge in [-0.15, -0.1) is 11.3 Å². The van der Waals surface area contributed by atoms with E-state index in [0.29, 0.717) is 18.0 Å². The highest BCUT2D eigenvalue weighted by Crippen LogP contribution is 2.39. The van der Waals surface area contributed by atoms with E-state index in [4.69, 9.17) is 16.7 Å². The molecule has 0 fully saturated rings. The number of aliphatic carboxylic acids is 1. The average Bonchev–Trinajstić information content (AvgIpc) is 2.67. The van der Waals surface area contributed by atoms with Crippen molar-refractivity contribution in [2.75, 3.05) is 0 Å². The molecular weight excluding hydrogens is 260 g/mol. The molecule has 6 heteroatoms. The van der Waals surface area contributed by atoms with E-state index in [-0.39, 0.29) is 5.92 Å². The first-order chi connectivity index (χ1) is 8.16. The van der Waals surface area contributed by atoms with Crippen LogP contribution in [-0.4, -0.2) is 21.0 Å². The van der Waals surface area contributed by atoms with Crippen molar-refractivity contribution in [3.8, 4) is 0 Å². The van der Waals surface area contributed by atoms with Crippen LogP contribution in [0, 0.1) is 5.92 Å². The molecule has 0 aromatic carbocycles. The monoisotopic (exact) mass is 268 g/mol. The molecule has 0 bridgehead atoms. The highest BCUT2D eigenvalue weighted by atomic mass is 35.5. The summed E-state index contributed by atoms with van der Waals surface area (Å²) in [6.07, 6.45) is 3.48. The third kappa shape index (κ3) is 1.70. The maximum atomic E-state index is 11.0. The van der Waals surface area contributed by atoms with Crippen molar-refractivity contribution in [1.29, 1.82) is 0 Å². The molecule has 2 aromatic heterocycles. The molecule has 0 spiro atoms. The number of hydrogen-bond acceptors (Lipinski definition) is 4. The van der Waals surface area contributed by atoms with Gasteiger partial charge in [-0.25, -0.2) is 9.97 Å². The first-order valence-electron chi connectivity index (χ1n) is 5.30. The Labute approximate surface area is 106 Å². The van der Waals surface area contributed by atoms with Crippen molar-refractivity contribution < 1.29 is 9.90 Å². The molecule has 0 amide bonds. The second-order valence-corrected chi connectivity index (χ2v) is 5.57. The Morgan fingerprint density at radius 3 is 3.12 bits per heavy atom. The smallest absolute Gasteiger partial charge is 0.306 e. The Balaban J connectivity index is 2.17. The zero-order valence-corrected chi connectivity index (χ0v) is 10.4. The summed E-state index contributed by atoms with van der Waals surface area (Å²) in [4.78, 5) is 21.3. The van der Waals surface area contributed by atoms with Crippen LogP contribution in [0.3, 0.4) is 0 Å². The number of rotatable bonds is 1. The van der Waals surface area contributed by atoms with Crippen LogP contribution in [0.5, 0.6) is 0 Å². The van der Waals surface area contributed by atoms with E-state index in [1.54, 1.807) is 11.3 Å². The maximum Gasteiger partial charge on any atom is 0.306 e. The minimum absolute atomic E-state index is 0.309. The van der Waals surface area contributed by atoms with Gasteiger partial charge in [-0.3, -0.25) is 4.79 Å². The molecule has 2 heterocycles. The summed E-state index contributed by atoms with van der Waals surface area (Å²) in [5.74, 6) is -1.04. The Morgan fingerprint density at radius 2 is 2.35 bits per heavy atom. The third-order valence-corrected chi connectivity index (χ3v) is 4.63. The largest absolute Gasteiger partial charge is 0.481 e. The lowest BCUT2D eigenvalue weighted by Gasteiger charge is -2.18. The molecule has 1 N–H and O–H groups in total. The Bertz CT molecular complexity index is 611. The molecule has 1 atom stereocenters. The molecule has 17 heavy (non-hydrogen) atoms. The minimum atomic E-state index is -0.733. The van der Waals surface area contributed by atoms with E-state index in [2.05, 4.69) is 9.97 Å². The maximum absolute atomic E-state index is 11.0. The van der Waals surface area contributed by atoms with E-state index in [1.807, 2.05) is 0 Å². The van der Waals surface area contributed by atoms with Gasteiger partial charge in [-0.05, 0) is 24.8 Å². The normalized spacial score (nSPS) is 19.2. The molecule has 88 valence electrons. The van der Waals surface area contributed by atoms with Crippen LogP contribution in [0.1, 0.15) is 16.9 Å². The molecule has 2 aromatic rings. The number of hydrogen-bond donors (Lipinski definition) is 1. The summed E-state index contributed by atoms with van der Waals surface area (Å²) in [6.45, 7) is 0. The number of halogens is 1. The highest BCUT2D eigenvalue weighted by Gasteiger charge is 2.28. The number of aromatic nitrogens is 2. The van der Waals surface area contributed by atoms with Crippen LogP contribution in [-0.2, 0) is 17.6 Å². The molecule has 0 radical (unpaired) electrons. The number of carboxylic acid groups (broad SMARTS) is 1. The number of fused-ring (bicyclic) bond motifs is 3. The van der Waals surface area contributed by atoms with Gasteiger partial charge in [0.2, 0.25) is 0 Å². The molecule has 0 aliphatic heterocycles. The zero-order chi connectivity index (χ0) is 12.0. The van der Waals surface area contributed by atoms with Gasteiger partial charge in [0, 0.05) is 4.88 Å². The van der Waals surface area contributed by atoms with E-state index in [9.17, 15) is 4.79 Å². The Morgan fingerprint density at radius 1 is 1.53 bits per heavy atom. The SMILES string of the molecule is O=C(O)C1CCc2sc3ncnc(Cl)c3c2C1. The number of nitrogens with zero attached hydrogens (tertiary/aromatic N) is 2. The third-order valence-electron chi connectivity index (χ3n) is 3.14. The molecular formula is C11H9ClN2O2S. The molecule has 0 saturated heterocycles. The predicted octanol–water partition coefficient (Wildman–Crippen LogP) is 2.53. The van der Waals surface area contributed by atoms with Gasteiger partial charge in [0.1, 0.15) is 16.3 Å². The number of carbonyl (C=O) groups is 1. The molecule has 1 aliphatic carbocycles. The van der Waals surface area contributed by atoms with Crippen LogP contribution >= 0.6 is 22.9 Å². The first kappa shape index (κ1) is 10.9. The second-order valence-electron chi connectivity index (χ2n) is 4.13. The lowest BCUT2D eigenvalue weighted by Crippen LogP contribution is -2.21. The lowest BCUT2D eigenvalue weighted by molar-refractivity contribution is -0.142. The molecule has 1 unspecified atom stereocenters. The fourth-order valence-corrected chi connectivity index (χ4v) is 3.77. The van der Waals surface area contributed by atoms with Gasteiger partial charge in [-0.1, -0.05) is 11.6 Å². The van der Waals surface area contributed by atoms with E-state index in [0.717, 1.165) is 22.2 Å². The van der Waals surface area contributed by atoms with Crippen LogP contribution < -0.4 is 0 Å². The molecule has 1 aliphatic rings. The van der Waals surface area contributed by atoms with Gasteiger partial charge in [-0.2, -0.15) is 0 Å². The predicted molar refractivity (Wildman–Crippen MR) is 65.6 cm³/mol. The van der Waals surface area contributed by atoms with Crippen molar-refractivity contribution in [2.24, 2.45) is 5.92 Å². The minimum Gasteiger partial charge on any atom is -0.481 e. The summed E-state index contributed by atoms with van der Waals surface area (Å²) in [5, 5.41) is 10.4. The second kappa shape index (κ2) is 3.92. The summed E-state index contributed by atoms with van der Waals surface area (Å²) in [6, 6.07) is 0. The zero-order valence-electron chi connectivity index (χ0n) is 8.81. The van der Waals surface area contributed by atoms with E-state index >= 15 is 0 Å². The van der Waals surface area contributed by atoms with Crippen molar-refractivity contribution in [3.63, 3.8) is 0 Å².